The molecule has 0 saturated carbocycles. The van der Waals surface area contributed by atoms with Gasteiger partial charge in [-0.1, -0.05) is 56.0 Å². The monoisotopic (exact) mass is 784 g/mol. The summed E-state index contributed by atoms with van der Waals surface area (Å²) in [6.45, 7) is 20.9. The molecule has 0 aromatic carbocycles. The summed E-state index contributed by atoms with van der Waals surface area (Å²) in [6, 6.07) is 8.14. The lowest BCUT2D eigenvalue weighted by molar-refractivity contribution is 0.805. The van der Waals surface area contributed by atoms with Crippen molar-refractivity contribution in [3.8, 4) is 0 Å². The van der Waals surface area contributed by atoms with Gasteiger partial charge in [0.2, 0.25) is 0 Å². The summed E-state index contributed by atoms with van der Waals surface area (Å²) >= 11 is 0. The zero-order valence-corrected chi connectivity index (χ0v) is 35.7. The van der Waals surface area contributed by atoms with Crippen molar-refractivity contribution in [2.75, 3.05) is 18.0 Å². The summed E-state index contributed by atoms with van der Waals surface area (Å²) in [6.07, 6.45) is 28.8. The minimum atomic E-state index is 0.742. The summed E-state index contributed by atoms with van der Waals surface area (Å²) in [5.74, 6) is 1.73. The molecule has 302 valence electrons. The zero-order valence-electron chi connectivity index (χ0n) is 35.7. The normalized spacial score (nSPS) is 13.2. The number of fused-ring (bicyclic) bond motifs is 3. The third-order valence-electron chi connectivity index (χ3n) is 11.2. The molecule has 8 rings (SSSR count). The maximum Gasteiger partial charge on any atom is 0.144 e. The molecule has 1 aliphatic rings. The maximum absolute atomic E-state index is 5.04. The van der Waals surface area contributed by atoms with Crippen molar-refractivity contribution in [3.05, 3.63) is 154 Å². The lowest BCUT2D eigenvalue weighted by Crippen LogP contribution is -2.21. The summed E-state index contributed by atoms with van der Waals surface area (Å²) in [5.41, 5.74) is 16.4. The molecule has 0 bridgehead atoms. The summed E-state index contributed by atoms with van der Waals surface area (Å²) < 4.78 is 4.36. The molecular formula is C49H56N10. The Morgan fingerprint density at radius 1 is 0.644 bits per heavy atom. The molecule has 1 fully saturated rings. The van der Waals surface area contributed by atoms with Gasteiger partial charge in [-0.15, -0.1) is 0 Å². The molecule has 1 aliphatic heterocycles. The fraction of sp³-hybridized carbons (Fsp3) is 0.327. The number of nitrogens with zero attached hydrogens (tertiary/aromatic N) is 10. The van der Waals surface area contributed by atoms with Crippen molar-refractivity contribution in [2.45, 2.75) is 93.4 Å². The first-order chi connectivity index (χ1) is 28.7. The molecule has 10 nitrogen and oxygen atoms in total. The van der Waals surface area contributed by atoms with Gasteiger partial charge in [0.05, 0.1) is 40.2 Å². The molecular weight excluding hydrogens is 729 g/mol. The molecule has 0 spiro atoms. The fourth-order valence-corrected chi connectivity index (χ4v) is 7.96. The van der Waals surface area contributed by atoms with Crippen LogP contribution in [-0.4, -0.2) is 56.8 Å². The Labute approximate surface area is 348 Å². The van der Waals surface area contributed by atoms with Gasteiger partial charge in [-0.05, 0) is 109 Å². The average Bonchev–Trinajstić information content (AvgIpc) is 3.96. The topological polar surface area (TPSA) is 102 Å². The first kappa shape index (κ1) is 40.9. The van der Waals surface area contributed by atoms with Crippen LogP contribution in [0.15, 0.2) is 86.0 Å². The highest BCUT2D eigenvalue weighted by atomic mass is 15.2. The van der Waals surface area contributed by atoms with E-state index in [4.69, 9.17) is 19.9 Å². The van der Waals surface area contributed by atoms with Crippen LogP contribution >= 0.6 is 0 Å². The predicted octanol–water partition coefficient (Wildman–Crippen LogP) is 10.00. The van der Waals surface area contributed by atoms with E-state index in [-0.39, 0.29) is 0 Å². The van der Waals surface area contributed by atoms with Crippen LogP contribution < -0.4 is 4.90 Å². The molecule has 7 aromatic rings. The number of pyridine rings is 3. The van der Waals surface area contributed by atoms with Crippen LogP contribution in [0, 0.1) is 41.5 Å². The summed E-state index contributed by atoms with van der Waals surface area (Å²) in [4.78, 5) is 35.4. The van der Waals surface area contributed by atoms with Crippen LogP contribution in [0.4, 0.5) is 5.69 Å². The van der Waals surface area contributed by atoms with E-state index in [1.165, 1.54) is 40.9 Å². The maximum atomic E-state index is 5.04. The van der Waals surface area contributed by atoms with Gasteiger partial charge >= 0.3 is 0 Å². The molecule has 1 saturated heterocycles. The van der Waals surface area contributed by atoms with E-state index in [1.807, 2.05) is 18.2 Å². The number of hydrogen-bond donors (Lipinski definition) is 0. The van der Waals surface area contributed by atoms with Gasteiger partial charge in [0, 0.05) is 67.0 Å². The number of hydrogen-bond acceptors (Lipinski definition) is 8. The predicted molar refractivity (Wildman–Crippen MR) is 242 cm³/mol. The van der Waals surface area contributed by atoms with Crippen LogP contribution in [0.2, 0.25) is 0 Å². The van der Waals surface area contributed by atoms with Crippen molar-refractivity contribution in [1.82, 2.24) is 43.7 Å². The molecule has 0 N–H and O–H groups in total. The number of imidazole rings is 2. The Hall–Kier alpha value is -6.29. The molecule has 59 heavy (non-hydrogen) atoms. The van der Waals surface area contributed by atoms with Gasteiger partial charge in [0.15, 0.2) is 0 Å². The third kappa shape index (κ3) is 9.07. The second-order valence-electron chi connectivity index (χ2n) is 15.3. The minimum Gasteiger partial charge on any atom is -0.369 e. The van der Waals surface area contributed by atoms with Crippen LogP contribution in [0.25, 0.3) is 34.5 Å². The van der Waals surface area contributed by atoms with Crippen molar-refractivity contribution in [1.29, 1.82) is 0 Å². The Bertz CT molecular complexity index is 2680. The van der Waals surface area contributed by atoms with Crippen molar-refractivity contribution < 1.29 is 0 Å². The van der Waals surface area contributed by atoms with Gasteiger partial charge in [-0.3, -0.25) is 4.98 Å². The second-order valence-corrected chi connectivity index (χ2v) is 15.3. The largest absolute Gasteiger partial charge is 0.369 e. The Kier molecular flexibility index (Phi) is 12.8. The smallest absolute Gasteiger partial charge is 0.144 e. The third-order valence-corrected chi connectivity index (χ3v) is 11.2. The molecule has 0 aliphatic carbocycles. The van der Waals surface area contributed by atoms with Gasteiger partial charge < -0.3 is 13.7 Å². The summed E-state index contributed by atoms with van der Waals surface area (Å²) in [5, 5.41) is 0. The number of allylic oxidation sites excluding steroid dienone is 5. The Morgan fingerprint density at radius 2 is 1.24 bits per heavy atom. The first-order valence-electron chi connectivity index (χ1n) is 20.9. The van der Waals surface area contributed by atoms with E-state index in [0.29, 0.717) is 0 Å². The molecule has 0 unspecified atom stereocenters. The van der Waals surface area contributed by atoms with E-state index < -0.39 is 0 Å². The Balaban J connectivity index is 0.000000181. The Morgan fingerprint density at radius 3 is 1.83 bits per heavy atom. The molecule has 8 heterocycles. The number of anilines is 1. The average molecular weight is 785 g/mol. The van der Waals surface area contributed by atoms with Gasteiger partial charge in [0.1, 0.15) is 28.5 Å². The molecule has 0 radical (unpaired) electrons. The number of aryl methyl sites for hydroxylation is 10. The van der Waals surface area contributed by atoms with Gasteiger partial charge in [-0.2, -0.15) is 0 Å². The second kappa shape index (κ2) is 18.5. The fourth-order valence-electron chi connectivity index (χ4n) is 7.96. The van der Waals surface area contributed by atoms with E-state index in [0.717, 1.165) is 113 Å². The highest BCUT2D eigenvalue weighted by molar-refractivity contribution is 5.73. The highest BCUT2D eigenvalue weighted by Crippen LogP contribution is 2.27. The van der Waals surface area contributed by atoms with E-state index in [1.54, 1.807) is 18.5 Å². The molecule has 10 heteroatoms. The van der Waals surface area contributed by atoms with Crippen LogP contribution in [0.3, 0.4) is 0 Å². The van der Waals surface area contributed by atoms with E-state index >= 15 is 0 Å². The van der Waals surface area contributed by atoms with Gasteiger partial charge in [-0.25, -0.2) is 29.9 Å². The van der Waals surface area contributed by atoms with E-state index in [9.17, 15) is 0 Å². The van der Waals surface area contributed by atoms with Crippen LogP contribution in [0.5, 0.6) is 0 Å². The van der Waals surface area contributed by atoms with Crippen molar-refractivity contribution in [2.24, 2.45) is 0 Å². The highest BCUT2D eigenvalue weighted by Gasteiger charge is 2.20. The van der Waals surface area contributed by atoms with Crippen LogP contribution in [0.1, 0.15) is 94.3 Å². The lowest BCUT2D eigenvalue weighted by atomic mass is 10.1. The number of rotatable bonds is 12. The summed E-state index contributed by atoms with van der Waals surface area (Å²) in [7, 11) is 0. The minimum absolute atomic E-state index is 0.742. The quantitative estimate of drug-likeness (QED) is 0.113. The standard InChI is InChI=1S/C27H35N5.C22H21N5/c1-6-7-8-9-12-23-19(2)15-18-32-22(5)24(30-27(23)32)13-14-25-28-20(3)26(21(4)29-25)31-16-10-11-17-31;1-4-5-7-17-15(2)11-13-27-16(3)18(26-22(17)27)9-10-21-24-14-20-19(25-21)8-6-12-23-20/h7-9,12,15,18H,6,10-11,13-14,16-17H2,1-5H3;4-8,11-14H,1,9-10H2,2-3H3/b8-7+,12-9-;7-5-. The van der Waals surface area contributed by atoms with Crippen LogP contribution in [-0.2, 0) is 25.7 Å². The van der Waals surface area contributed by atoms with Gasteiger partial charge in [0.25, 0.3) is 0 Å². The first-order valence-corrected chi connectivity index (χ1v) is 20.9. The SMILES string of the molecule is C=C/C=C\c1c(C)ccn2c(C)c(CCc3ncc4ncccc4n3)nc12.CC/C=C/C=C\c1c(C)ccn2c(C)c(CCc3nc(C)c(N4CCCC4)c(C)n3)nc12. The molecule has 7 aromatic heterocycles. The van der Waals surface area contributed by atoms with Crippen molar-refractivity contribution >= 4 is 40.2 Å². The van der Waals surface area contributed by atoms with Crippen molar-refractivity contribution in [3.63, 3.8) is 0 Å². The molecule has 0 amide bonds. The van der Waals surface area contributed by atoms with E-state index in [2.05, 4.69) is 139 Å². The zero-order chi connectivity index (χ0) is 41.5. The molecule has 0 atom stereocenters. The lowest BCUT2D eigenvalue weighted by Gasteiger charge is -2.21. The number of aromatic nitrogens is 9.